The van der Waals surface area contributed by atoms with Gasteiger partial charge in [0.1, 0.15) is 5.82 Å². The summed E-state index contributed by atoms with van der Waals surface area (Å²) in [6.45, 7) is 2.03. The number of carbonyl (C=O) groups excluding carboxylic acids is 1. The lowest BCUT2D eigenvalue weighted by atomic mass is 10.0. The van der Waals surface area contributed by atoms with Gasteiger partial charge in [-0.15, -0.1) is 11.3 Å². The minimum absolute atomic E-state index is 0.231. The highest BCUT2D eigenvalue weighted by Crippen LogP contribution is 2.26. The maximum Gasteiger partial charge on any atom is 0.320 e. The summed E-state index contributed by atoms with van der Waals surface area (Å²) in [6, 6.07) is 17.1. The number of hydrogen-bond acceptors (Lipinski definition) is 2. The molecule has 0 fully saturated rings. The van der Waals surface area contributed by atoms with Gasteiger partial charge in [0, 0.05) is 10.6 Å². The van der Waals surface area contributed by atoms with Gasteiger partial charge in [0.2, 0.25) is 0 Å². The monoisotopic (exact) mass is 340 g/mol. The van der Waals surface area contributed by atoms with Gasteiger partial charge in [-0.1, -0.05) is 35.9 Å². The number of hydrogen-bond donors (Lipinski definition) is 2. The molecule has 3 aromatic rings. The van der Waals surface area contributed by atoms with E-state index in [-0.39, 0.29) is 17.9 Å². The van der Waals surface area contributed by atoms with Crippen molar-refractivity contribution in [2.45, 2.75) is 13.0 Å². The van der Waals surface area contributed by atoms with E-state index < -0.39 is 0 Å². The first kappa shape index (κ1) is 16.2. The SMILES string of the molecule is Cc1ccc([C@@H](NC(=O)Nc2ccc(F)cc2)c2cccs2)cc1. The molecule has 1 heterocycles. The summed E-state index contributed by atoms with van der Waals surface area (Å²) >= 11 is 1.59. The summed E-state index contributed by atoms with van der Waals surface area (Å²) in [7, 11) is 0. The molecule has 5 heteroatoms. The number of carbonyl (C=O) groups is 1. The molecule has 0 unspecified atom stereocenters. The highest BCUT2D eigenvalue weighted by molar-refractivity contribution is 7.10. The molecule has 1 aromatic heterocycles. The number of halogens is 1. The molecule has 2 aromatic carbocycles. The third kappa shape index (κ3) is 4.00. The lowest BCUT2D eigenvalue weighted by molar-refractivity contribution is 0.250. The lowest BCUT2D eigenvalue weighted by Gasteiger charge is -2.19. The number of rotatable bonds is 4. The molecule has 0 bridgehead atoms. The van der Waals surface area contributed by atoms with E-state index in [9.17, 15) is 9.18 Å². The van der Waals surface area contributed by atoms with Gasteiger partial charge in [0.15, 0.2) is 0 Å². The van der Waals surface area contributed by atoms with Crippen LogP contribution in [0.25, 0.3) is 0 Å². The Hall–Kier alpha value is -2.66. The molecule has 1 atom stereocenters. The molecule has 0 spiro atoms. The molecule has 0 radical (unpaired) electrons. The van der Waals surface area contributed by atoms with Crippen molar-refractivity contribution in [1.82, 2.24) is 5.32 Å². The van der Waals surface area contributed by atoms with Crippen LogP contribution in [-0.4, -0.2) is 6.03 Å². The van der Waals surface area contributed by atoms with Crippen LogP contribution in [0.4, 0.5) is 14.9 Å². The van der Waals surface area contributed by atoms with Gasteiger partial charge in [-0.25, -0.2) is 9.18 Å². The van der Waals surface area contributed by atoms with Crippen LogP contribution in [0.5, 0.6) is 0 Å². The topological polar surface area (TPSA) is 41.1 Å². The molecular formula is C19H17FN2OS. The Morgan fingerprint density at radius 1 is 1.04 bits per heavy atom. The molecule has 2 amide bonds. The average Bonchev–Trinajstić information content (AvgIpc) is 3.10. The summed E-state index contributed by atoms with van der Waals surface area (Å²) < 4.78 is 12.9. The van der Waals surface area contributed by atoms with E-state index in [1.807, 2.05) is 48.7 Å². The van der Waals surface area contributed by atoms with Gasteiger partial charge in [-0.05, 0) is 48.2 Å². The summed E-state index contributed by atoms with van der Waals surface area (Å²) in [5.74, 6) is -0.336. The Bertz CT molecular complexity index is 798. The second-order valence-corrected chi connectivity index (χ2v) is 6.44. The van der Waals surface area contributed by atoms with Crippen molar-refractivity contribution in [2.75, 3.05) is 5.32 Å². The maximum atomic E-state index is 12.9. The molecule has 2 N–H and O–H groups in total. The third-order valence-corrected chi connectivity index (χ3v) is 4.55. The van der Waals surface area contributed by atoms with Crippen molar-refractivity contribution in [2.24, 2.45) is 0 Å². The predicted molar refractivity (Wildman–Crippen MR) is 95.9 cm³/mol. The highest BCUT2D eigenvalue weighted by atomic mass is 32.1. The van der Waals surface area contributed by atoms with Crippen LogP contribution in [0.15, 0.2) is 66.0 Å². The normalized spacial score (nSPS) is 11.8. The van der Waals surface area contributed by atoms with E-state index in [2.05, 4.69) is 10.6 Å². The van der Waals surface area contributed by atoms with Crippen molar-refractivity contribution in [1.29, 1.82) is 0 Å². The van der Waals surface area contributed by atoms with Crippen molar-refractivity contribution in [3.63, 3.8) is 0 Å². The summed E-state index contributed by atoms with van der Waals surface area (Å²) in [5.41, 5.74) is 2.72. The van der Waals surface area contributed by atoms with E-state index >= 15 is 0 Å². The molecule has 3 rings (SSSR count). The highest BCUT2D eigenvalue weighted by Gasteiger charge is 2.17. The van der Waals surface area contributed by atoms with Gasteiger partial charge < -0.3 is 10.6 Å². The Balaban J connectivity index is 1.77. The minimum Gasteiger partial charge on any atom is -0.326 e. The first-order chi connectivity index (χ1) is 11.6. The fraction of sp³-hybridized carbons (Fsp3) is 0.105. The first-order valence-corrected chi connectivity index (χ1v) is 8.43. The lowest BCUT2D eigenvalue weighted by Crippen LogP contribution is -2.32. The maximum absolute atomic E-state index is 12.9. The van der Waals surface area contributed by atoms with Crippen LogP contribution >= 0.6 is 11.3 Å². The van der Waals surface area contributed by atoms with Crippen molar-refractivity contribution in [3.8, 4) is 0 Å². The number of nitrogens with one attached hydrogen (secondary N) is 2. The zero-order chi connectivity index (χ0) is 16.9. The van der Waals surface area contributed by atoms with Crippen LogP contribution in [0, 0.1) is 12.7 Å². The average molecular weight is 340 g/mol. The summed E-state index contributed by atoms with van der Waals surface area (Å²) in [6.07, 6.45) is 0. The number of anilines is 1. The van der Waals surface area contributed by atoms with E-state index in [1.54, 1.807) is 11.3 Å². The van der Waals surface area contributed by atoms with Crippen molar-refractivity contribution in [3.05, 3.63) is 87.9 Å². The number of urea groups is 1. The smallest absolute Gasteiger partial charge is 0.320 e. The fourth-order valence-electron chi connectivity index (χ4n) is 2.36. The molecule has 0 aliphatic rings. The second-order valence-electron chi connectivity index (χ2n) is 5.46. The predicted octanol–water partition coefficient (Wildman–Crippen LogP) is 5.11. The molecular weight excluding hydrogens is 323 g/mol. The molecule has 122 valence electrons. The molecule has 3 nitrogen and oxygen atoms in total. The quantitative estimate of drug-likeness (QED) is 0.681. The summed E-state index contributed by atoms with van der Waals surface area (Å²) in [5, 5.41) is 7.70. The van der Waals surface area contributed by atoms with Gasteiger partial charge in [-0.3, -0.25) is 0 Å². The Labute approximate surface area is 144 Å². The van der Waals surface area contributed by atoms with Crippen molar-refractivity contribution >= 4 is 23.1 Å². The molecule has 0 aliphatic heterocycles. The molecule has 24 heavy (non-hydrogen) atoms. The minimum atomic E-state index is -0.336. The Kier molecular flexibility index (Phi) is 4.91. The fourth-order valence-corrected chi connectivity index (χ4v) is 3.17. The Morgan fingerprint density at radius 2 is 1.75 bits per heavy atom. The van der Waals surface area contributed by atoms with Gasteiger partial charge >= 0.3 is 6.03 Å². The number of aryl methyl sites for hydroxylation is 1. The Morgan fingerprint density at radius 3 is 2.38 bits per heavy atom. The zero-order valence-corrected chi connectivity index (χ0v) is 13.9. The van der Waals surface area contributed by atoms with E-state index in [4.69, 9.17) is 0 Å². The van der Waals surface area contributed by atoms with Gasteiger partial charge in [0.25, 0.3) is 0 Å². The molecule has 0 aliphatic carbocycles. The first-order valence-electron chi connectivity index (χ1n) is 7.55. The second kappa shape index (κ2) is 7.27. The van der Waals surface area contributed by atoms with E-state index in [0.29, 0.717) is 5.69 Å². The number of thiophene rings is 1. The largest absolute Gasteiger partial charge is 0.326 e. The zero-order valence-electron chi connectivity index (χ0n) is 13.1. The number of benzene rings is 2. The van der Waals surface area contributed by atoms with E-state index in [0.717, 1.165) is 10.4 Å². The van der Waals surface area contributed by atoms with Crippen LogP contribution in [0.1, 0.15) is 22.0 Å². The van der Waals surface area contributed by atoms with Crippen LogP contribution < -0.4 is 10.6 Å². The summed E-state index contributed by atoms with van der Waals surface area (Å²) in [4.78, 5) is 13.4. The third-order valence-electron chi connectivity index (χ3n) is 3.62. The van der Waals surface area contributed by atoms with Crippen molar-refractivity contribution < 1.29 is 9.18 Å². The standard InChI is InChI=1S/C19H17FN2OS/c1-13-4-6-14(7-5-13)18(17-3-2-12-24-17)22-19(23)21-16-10-8-15(20)9-11-16/h2-12,18H,1H3,(H2,21,22,23)/t18-/m1/s1. The van der Waals surface area contributed by atoms with Crippen LogP contribution in [0.3, 0.4) is 0 Å². The van der Waals surface area contributed by atoms with Crippen LogP contribution in [0.2, 0.25) is 0 Å². The molecule has 0 saturated heterocycles. The number of amides is 2. The molecule has 0 saturated carbocycles. The van der Waals surface area contributed by atoms with E-state index in [1.165, 1.54) is 29.8 Å². The van der Waals surface area contributed by atoms with Gasteiger partial charge in [-0.2, -0.15) is 0 Å². The van der Waals surface area contributed by atoms with Crippen LogP contribution in [-0.2, 0) is 0 Å². The van der Waals surface area contributed by atoms with Gasteiger partial charge in [0.05, 0.1) is 6.04 Å².